The SMILES string of the molecule is Cc1cc(C(CCC(F)(F)F)NN)ccc1Cl. The fraction of sp³-hybridized carbons (Fsp3) is 0.455. The van der Waals surface area contributed by atoms with Gasteiger partial charge in [-0.1, -0.05) is 23.7 Å². The van der Waals surface area contributed by atoms with Gasteiger partial charge in [0.15, 0.2) is 0 Å². The van der Waals surface area contributed by atoms with Crippen LogP contribution >= 0.6 is 11.6 Å². The van der Waals surface area contributed by atoms with E-state index in [4.69, 9.17) is 17.4 Å². The average Bonchev–Trinajstić information content (AvgIpc) is 2.22. The number of benzene rings is 1. The van der Waals surface area contributed by atoms with E-state index in [9.17, 15) is 13.2 Å². The van der Waals surface area contributed by atoms with Crippen LogP contribution in [0.25, 0.3) is 0 Å². The van der Waals surface area contributed by atoms with Crippen molar-refractivity contribution in [2.75, 3.05) is 0 Å². The number of hydrogen-bond donors (Lipinski definition) is 2. The van der Waals surface area contributed by atoms with Crippen LogP contribution in [0.2, 0.25) is 5.02 Å². The van der Waals surface area contributed by atoms with Crippen molar-refractivity contribution >= 4 is 11.6 Å². The third-order valence-corrected chi connectivity index (χ3v) is 2.93. The Bertz CT molecular complexity index is 379. The maximum atomic E-state index is 12.1. The molecule has 0 aliphatic heterocycles. The first-order chi connectivity index (χ1) is 7.83. The first kappa shape index (κ1) is 14.3. The molecule has 17 heavy (non-hydrogen) atoms. The first-order valence-electron chi connectivity index (χ1n) is 5.12. The van der Waals surface area contributed by atoms with Crippen LogP contribution in [-0.2, 0) is 0 Å². The maximum Gasteiger partial charge on any atom is 0.389 e. The van der Waals surface area contributed by atoms with Gasteiger partial charge in [0.25, 0.3) is 0 Å². The minimum absolute atomic E-state index is 0.0962. The van der Waals surface area contributed by atoms with Crippen LogP contribution in [-0.4, -0.2) is 6.18 Å². The topological polar surface area (TPSA) is 38.0 Å². The molecule has 1 unspecified atom stereocenters. The van der Waals surface area contributed by atoms with Crippen LogP contribution in [0.3, 0.4) is 0 Å². The van der Waals surface area contributed by atoms with Crippen molar-refractivity contribution in [1.29, 1.82) is 0 Å². The maximum absolute atomic E-state index is 12.1. The van der Waals surface area contributed by atoms with Crippen LogP contribution in [0.1, 0.15) is 30.0 Å². The fourth-order valence-electron chi connectivity index (χ4n) is 1.54. The summed E-state index contributed by atoms with van der Waals surface area (Å²) in [5.74, 6) is 5.27. The molecular formula is C11H14ClF3N2. The highest BCUT2D eigenvalue weighted by Gasteiger charge is 2.28. The largest absolute Gasteiger partial charge is 0.389 e. The standard InChI is InChI=1S/C11H14ClF3N2/c1-7-6-8(2-3-9(7)12)10(17-16)4-5-11(13,14)15/h2-3,6,10,17H,4-5,16H2,1H3. The van der Waals surface area contributed by atoms with Gasteiger partial charge in [-0.05, 0) is 30.5 Å². The lowest BCUT2D eigenvalue weighted by Crippen LogP contribution is -2.29. The molecule has 1 aromatic carbocycles. The number of aryl methyl sites for hydroxylation is 1. The Labute approximate surface area is 103 Å². The monoisotopic (exact) mass is 266 g/mol. The fourth-order valence-corrected chi connectivity index (χ4v) is 1.66. The van der Waals surface area contributed by atoms with E-state index in [1.165, 1.54) is 0 Å². The van der Waals surface area contributed by atoms with Gasteiger partial charge in [-0.15, -0.1) is 0 Å². The molecule has 6 heteroatoms. The number of alkyl halides is 3. The Balaban J connectivity index is 2.76. The van der Waals surface area contributed by atoms with Crippen molar-refractivity contribution in [2.24, 2.45) is 5.84 Å². The molecule has 0 aliphatic carbocycles. The molecule has 1 atom stereocenters. The summed E-state index contributed by atoms with van der Waals surface area (Å²) < 4.78 is 36.4. The number of nitrogens with one attached hydrogen (secondary N) is 1. The van der Waals surface area contributed by atoms with Crippen molar-refractivity contribution in [3.8, 4) is 0 Å². The van der Waals surface area contributed by atoms with Crippen molar-refractivity contribution in [3.05, 3.63) is 34.3 Å². The van der Waals surface area contributed by atoms with Crippen molar-refractivity contribution < 1.29 is 13.2 Å². The van der Waals surface area contributed by atoms with Gasteiger partial charge >= 0.3 is 6.18 Å². The van der Waals surface area contributed by atoms with E-state index in [1.54, 1.807) is 25.1 Å². The average molecular weight is 267 g/mol. The first-order valence-corrected chi connectivity index (χ1v) is 5.50. The summed E-state index contributed by atoms with van der Waals surface area (Å²) in [6.45, 7) is 1.79. The minimum atomic E-state index is -4.17. The van der Waals surface area contributed by atoms with Gasteiger partial charge in [-0.3, -0.25) is 11.3 Å². The van der Waals surface area contributed by atoms with E-state index in [-0.39, 0.29) is 6.42 Å². The molecule has 3 N–H and O–H groups in total. The molecule has 0 amide bonds. The molecule has 0 radical (unpaired) electrons. The molecule has 1 aromatic rings. The zero-order chi connectivity index (χ0) is 13.1. The third-order valence-electron chi connectivity index (χ3n) is 2.50. The van der Waals surface area contributed by atoms with Crippen LogP contribution < -0.4 is 11.3 Å². The Morgan fingerprint density at radius 1 is 1.41 bits per heavy atom. The Hall–Kier alpha value is -0.780. The van der Waals surface area contributed by atoms with E-state index < -0.39 is 18.6 Å². The lowest BCUT2D eigenvalue weighted by molar-refractivity contribution is -0.136. The number of rotatable bonds is 4. The van der Waals surface area contributed by atoms with Gasteiger partial charge in [0.05, 0.1) is 0 Å². The zero-order valence-electron chi connectivity index (χ0n) is 9.31. The van der Waals surface area contributed by atoms with Gasteiger partial charge in [-0.2, -0.15) is 13.2 Å². The summed E-state index contributed by atoms with van der Waals surface area (Å²) in [5, 5.41) is 0.584. The summed E-state index contributed by atoms with van der Waals surface area (Å²) in [6, 6.07) is 4.55. The molecule has 0 saturated carbocycles. The normalized spacial score (nSPS) is 13.8. The molecule has 0 heterocycles. The van der Waals surface area contributed by atoms with Crippen molar-refractivity contribution in [2.45, 2.75) is 32.0 Å². The Morgan fingerprint density at radius 3 is 2.53 bits per heavy atom. The van der Waals surface area contributed by atoms with Gasteiger partial charge in [0, 0.05) is 17.5 Å². The zero-order valence-corrected chi connectivity index (χ0v) is 10.1. The molecule has 0 fully saturated rings. The molecule has 0 saturated heterocycles. The highest BCUT2D eigenvalue weighted by Crippen LogP contribution is 2.28. The van der Waals surface area contributed by atoms with E-state index in [1.807, 2.05) is 0 Å². The Kier molecular flexibility index (Phi) is 4.80. The molecule has 0 spiro atoms. The third kappa shape index (κ3) is 4.53. The molecule has 1 rings (SSSR count). The smallest absolute Gasteiger partial charge is 0.271 e. The van der Waals surface area contributed by atoms with E-state index >= 15 is 0 Å². The second-order valence-electron chi connectivity index (χ2n) is 3.88. The molecule has 0 bridgehead atoms. The number of nitrogens with two attached hydrogens (primary N) is 1. The van der Waals surface area contributed by atoms with E-state index in [0.29, 0.717) is 10.6 Å². The van der Waals surface area contributed by atoms with Crippen LogP contribution in [0.15, 0.2) is 18.2 Å². The van der Waals surface area contributed by atoms with Gasteiger partial charge < -0.3 is 0 Å². The van der Waals surface area contributed by atoms with Crippen molar-refractivity contribution in [1.82, 2.24) is 5.43 Å². The highest BCUT2D eigenvalue weighted by molar-refractivity contribution is 6.31. The summed E-state index contributed by atoms with van der Waals surface area (Å²) in [6.07, 6.45) is -5.14. The lowest BCUT2D eigenvalue weighted by Gasteiger charge is -2.18. The predicted octanol–water partition coefficient (Wildman–Crippen LogP) is 3.50. The molecule has 0 aromatic heterocycles. The summed E-state index contributed by atoms with van der Waals surface area (Å²) in [5.41, 5.74) is 3.92. The number of halogens is 4. The predicted molar refractivity (Wildman–Crippen MR) is 61.5 cm³/mol. The summed E-state index contributed by atoms with van der Waals surface area (Å²) >= 11 is 5.85. The van der Waals surface area contributed by atoms with Crippen molar-refractivity contribution in [3.63, 3.8) is 0 Å². The lowest BCUT2D eigenvalue weighted by atomic mass is 10.0. The number of hydrazine groups is 1. The molecule has 96 valence electrons. The van der Waals surface area contributed by atoms with Gasteiger partial charge in [0.1, 0.15) is 0 Å². The minimum Gasteiger partial charge on any atom is -0.271 e. The van der Waals surface area contributed by atoms with E-state index in [2.05, 4.69) is 5.43 Å². The second kappa shape index (κ2) is 5.71. The van der Waals surface area contributed by atoms with Gasteiger partial charge in [0.2, 0.25) is 0 Å². The molecular weight excluding hydrogens is 253 g/mol. The van der Waals surface area contributed by atoms with E-state index in [0.717, 1.165) is 5.56 Å². The summed E-state index contributed by atoms with van der Waals surface area (Å²) in [4.78, 5) is 0. The van der Waals surface area contributed by atoms with Crippen LogP contribution in [0, 0.1) is 6.92 Å². The van der Waals surface area contributed by atoms with Crippen LogP contribution in [0.5, 0.6) is 0 Å². The van der Waals surface area contributed by atoms with Gasteiger partial charge in [-0.25, -0.2) is 0 Å². The van der Waals surface area contributed by atoms with Crippen LogP contribution in [0.4, 0.5) is 13.2 Å². The number of hydrogen-bond acceptors (Lipinski definition) is 2. The highest BCUT2D eigenvalue weighted by atomic mass is 35.5. The molecule has 2 nitrogen and oxygen atoms in total. The summed E-state index contributed by atoms with van der Waals surface area (Å²) in [7, 11) is 0. The second-order valence-corrected chi connectivity index (χ2v) is 4.29. The molecule has 0 aliphatic rings. The quantitative estimate of drug-likeness (QED) is 0.647. The Morgan fingerprint density at radius 2 is 2.06 bits per heavy atom.